The van der Waals surface area contributed by atoms with Crippen LogP contribution in [0.2, 0.25) is 0 Å². The van der Waals surface area contributed by atoms with Gasteiger partial charge in [0.1, 0.15) is 0 Å². The maximum absolute atomic E-state index is 10.6. The summed E-state index contributed by atoms with van der Waals surface area (Å²) in [6, 6.07) is 0. The van der Waals surface area contributed by atoms with E-state index in [2.05, 4.69) is 9.91 Å². The topological polar surface area (TPSA) is 55.7 Å². The Hall–Kier alpha value is -0.640. The molecule has 0 bridgehead atoms. The van der Waals surface area contributed by atoms with Crippen LogP contribution < -0.4 is 0 Å². The van der Waals surface area contributed by atoms with Crippen molar-refractivity contribution < 1.29 is 9.53 Å². The molecule has 0 N–H and O–H groups in total. The lowest BCUT2D eigenvalue weighted by molar-refractivity contribution is -0.145. The highest BCUT2D eigenvalue weighted by Crippen LogP contribution is 2.16. The van der Waals surface area contributed by atoms with Crippen LogP contribution in [0.25, 0.3) is 0 Å². The van der Waals surface area contributed by atoms with E-state index in [0.29, 0.717) is 0 Å². The number of rotatable bonds is 3. The van der Waals surface area contributed by atoms with Gasteiger partial charge in [0.15, 0.2) is 0 Å². The molecule has 0 saturated carbocycles. The number of nitrogens with zero attached hydrogens (tertiary/aromatic N) is 1. The van der Waals surface area contributed by atoms with Gasteiger partial charge in [-0.1, -0.05) is 11.6 Å². The first-order chi connectivity index (χ1) is 4.54. The standard InChI is InChI=1S/C5H8ClNO3/c1-3-10-4(8)5(2,6)7-9/h3H2,1-2H3. The Balaban J connectivity index is 4.04. The van der Waals surface area contributed by atoms with Crippen molar-refractivity contribution in [1.29, 1.82) is 0 Å². The number of halogens is 1. The van der Waals surface area contributed by atoms with E-state index in [4.69, 9.17) is 11.6 Å². The van der Waals surface area contributed by atoms with Crippen LogP contribution in [-0.2, 0) is 9.53 Å². The number of nitroso groups, excluding NO2 is 1. The van der Waals surface area contributed by atoms with E-state index in [1.165, 1.54) is 6.92 Å². The van der Waals surface area contributed by atoms with Crippen LogP contribution >= 0.6 is 11.6 Å². The first-order valence-corrected chi connectivity index (χ1v) is 3.13. The Morgan fingerprint density at radius 3 is 2.60 bits per heavy atom. The van der Waals surface area contributed by atoms with E-state index >= 15 is 0 Å². The zero-order valence-corrected chi connectivity index (χ0v) is 6.51. The SMILES string of the molecule is CCOC(=O)C(C)(Cl)N=O. The monoisotopic (exact) mass is 165 g/mol. The van der Waals surface area contributed by atoms with Crippen LogP contribution in [0, 0.1) is 4.91 Å². The molecule has 0 rings (SSSR count). The van der Waals surface area contributed by atoms with Crippen molar-refractivity contribution in [2.75, 3.05) is 6.61 Å². The summed E-state index contributed by atoms with van der Waals surface area (Å²) in [5.74, 6) is -0.813. The summed E-state index contributed by atoms with van der Waals surface area (Å²) in [6.45, 7) is 2.99. The molecule has 0 aliphatic carbocycles. The van der Waals surface area contributed by atoms with Gasteiger partial charge in [-0.05, 0) is 19.0 Å². The second-order valence-corrected chi connectivity index (χ2v) is 2.50. The highest BCUT2D eigenvalue weighted by atomic mass is 35.5. The molecule has 0 spiro atoms. The van der Waals surface area contributed by atoms with Crippen LogP contribution in [0.4, 0.5) is 0 Å². The first-order valence-electron chi connectivity index (χ1n) is 2.75. The van der Waals surface area contributed by atoms with Crippen molar-refractivity contribution in [2.24, 2.45) is 5.18 Å². The smallest absolute Gasteiger partial charge is 0.353 e. The predicted molar refractivity (Wildman–Crippen MR) is 36.7 cm³/mol. The molecule has 0 radical (unpaired) electrons. The van der Waals surface area contributed by atoms with Crippen molar-refractivity contribution in [3.05, 3.63) is 4.91 Å². The highest BCUT2D eigenvalue weighted by molar-refractivity contribution is 6.33. The average Bonchev–Trinajstić information content (AvgIpc) is 1.89. The van der Waals surface area contributed by atoms with Crippen LogP contribution in [0.5, 0.6) is 0 Å². The molecule has 10 heavy (non-hydrogen) atoms. The van der Waals surface area contributed by atoms with Crippen LogP contribution in [0.1, 0.15) is 13.8 Å². The molecule has 0 amide bonds. The molecule has 1 atom stereocenters. The molecule has 0 aliphatic heterocycles. The fourth-order valence-electron chi connectivity index (χ4n) is 0.300. The van der Waals surface area contributed by atoms with Gasteiger partial charge in [-0.15, -0.1) is 4.91 Å². The Kier molecular flexibility index (Phi) is 3.28. The molecule has 1 unspecified atom stereocenters. The lowest BCUT2D eigenvalue weighted by Gasteiger charge is -2.09. The predicted octanol–water partition coefficient (Wildman–Crippen LogP) is 1.27. The number of hydrogen-bond acceptors (Lipinski definition) is 4. The fourth-order valence-corrected chi connectivity index (χ4v) is 0.355. The summed E-state index contributed by atoms with van der Waals surface area (Å²) in [7, 11) is 0. The third-order valence-corrected chi connectivity index (χ3v) is 1.04. The number of hydrogen-bond donors (Lipinski definition) is 0. The van der Waals surface area contributed by atoms with Gasteiger partial charge in [-0.3, -0.25) is 0 Å². The molecule has 58 valence electrons. The van der Waals surface area contributed by atoms with Gasteiger partial charge < -0.3 is 4.74 Å². The number of alkyl halides is 1. The number of ether oxygens (including phenoxy) is 1. The zero-order chi connectivity index (χ0) is 8.20. The first kappa shape index (κ1) is 9.36. The molecule has 0 aromatic carbocycles. The maximum Gasteiger partial charge on any atom is 0.353 e. The Bertz CT molecular complexity index is 146. The van der Waals surface area contributed by atoms with Gasteiger partial charge in [-0.25, -0.2) is 4.79 Å². The third-order valence-electron chi connectivity index (χ3n) is 0.819. The number of esters is 1. The van der Waals surface area contributed by atoms with Crippen LogP contribution in [-0.4, -0.2) is 17.6 Å². The summed E-state index contributed by atoms with van der Waals surface area (Å²) in [5.41, 5.74) is 0. The van der Waals surface area contributed by atoms with Crippen molar-refractivity contribution in [1.82, 2.24) is 0 Å². The third kappa shape index (κ3) is 2.31. The molecule has 0 aliphatic rings. The van der Waals surface area contributed by atoms with E-state index in [-0.39, 0.29) is 6.61 Å². The number of carbonyl (C=O) groups excluding carboxylic acids is 1. The molecule has 0 heterocycles. The Morgan fingerprint density at radius 1 is 1.80 bits per heavy atom. The molecule has 0 aromatic heterocycles. The van der Waals surface area contributed by atoms with Gasteiger partial charge in [0.05, 0.1) is 6.61 Å². The Labute approximate surface area is 63.5 Å². The molecular weight excluding hydrogens is 158 g/mol. The van der Waals surface area contributed by atoms with Gasteiger partial charge in [-0.2, -0.15) is 0 Å². The molecule has 0 aromatic rings. The zero-order valence-electron chi connectivity index (χ0n) is 5.76. The van der Waals surface area contributed by atoms with E-state index in [0.717, 1.165) is 0 Å². The normalized spacial score (nSPS) is 15.5. The Morgan fingerprint density at radius 2 is 2.30 bits per heavy atom. The lowest BCUT2D eigenvalue weighted by Crippen LogP contribution is -2.28. The van der Waals surface area contributed by atoms with E-state index in [1.54, 1.807) is 6.92 Å². The lowest BCUT2D eigenvalue weighted by atomic mass is 10.4. The second kappa shape index (κ2) is 3.51. The molecular formula is C5H8ClNO3. The summed E-state index contributed by atoms with van der Waals surface area (Å²) >= 11 is 5.30. The summed E-state index contributed by atoms with van der Waals surface area (Å²) in [4.78, 5) is 18.7. The molecule has 0 saturated heterocycles. The minimum atomic E-state index is -1.77. The number of carbonyl (C=O) groups is 1. The van der Waals surface area contributed by atoms with Gasteiger partial charge in [0.2, 0.25) is 0 Å². The van der Waals surface area contributed by atoms with E-state index < -0.39 is 11.0 Å². The largest absolute Gasteiger partial charge is 0.463 e. The van der Waals surface area contributed by atoms with Crippen LogP contribution in [0.15, 0.2) is 5.18 Å². The molecule has 0 fully saturated rings. The molecule has 5 heteroatoms. The van der Waals surface area contributed by atoms with Crippen molar-refractivity contribution >= 4 is 17.6 Å². The minimum absolute atomic E-state index is 0.191. The molecule has 4 nitrogen and oxygen atoms in total. The van der Waals surface area contributed by atoms with Crippen molar-refractivity contribution in [3.63, 3.8) is 0 Å². The van der Waals surface area contributed by atoms with E-state index in [1.807, 2.05) is 0 Å². The highest BCUT2D eigenvalue weighted by Gasteiger charge is 2.33. The second-order valence-electron chi connectivity index (χ2n) is 1.77. The van der Waals surface area contributed by atoms with Gasteiger partial charge >= 0.3 is 5.97 Å². The summed E-state index contributed by atoms with van der Waals surface area (Å²) in [6.07, 6.45) is 0. The maximum atomic E-state index is 10.6. The van der Waals surface area contributed by atoms with Crippen molar-refractivity contribution in [2.45, 2.75) is 18.8 Å². The van der Waals surface area contributed by atoms with Crippen LogP contribution in [0.3, 0.4) is 0 Å². The van der Waals surface area contributed by atoms with Gasteiger partial charge in [0, 0.05) is 0 Å². The quantitative estimate of drug-likeness (QED) is 0.274. The summed E-state index contributed by atoms with van der Waals surface area (Å²) in [5, 5.41) is 2.38. The van der Waals surface area contributed by atoms with Gasteiger partial charge in [0.25, 0.3) is 5.00 Å². The van der Waals surface area contributed by atoms with Crippen molar-refractivity contribution in [3.8, 4) is 0 Å². The summed E-state index contributed by atoms with van der Waals surface area (Å²) < 4.78 is 4.43. The fraction of sp³-hybridized carbons (Fsp3) is 0.800. The average molecular weight is 166 g/mol. The van der Waals surface area contributed by atoms with E-state index in [9.17, 15) is 9.70 Å². The minimum Gasteiger partial charge on any atom is -0.463 e.